The highest BCUT2D eigenvalue weighted by Gasteiger charge is 2.38. The molecule has 1 saturated carbocycles. The Balaban J connectivity index is 1.72. The van der Waals surface area contributed by atoms with E-state index in [0.29, 0.717) is 24.2 Å². The van der Waals surface area contributed by atoms with Gasteiger partial charge >= 0.3 is 0 Å². The summed E-state index contributed by atoms with van der Waals surface area (Å²) in [5.41, 5.74) is 3.44. The Morgan fingerprint density at radius 2 is 1.92 bits per heavy atom. The summed E-state index contributed by atoms with van der Waals surface area (Å²) >= 11 is 0. The monoisotopic (exact) mass is 363 g/mol. The lowest BCUT2D eigenvalue weighted by Crippen LogP contribution is -2.37. The van der Waals surface area contributed by atoms with Crippen molar-refractivity contribution in [2.75, 3.05) is 12.5 Å². The molecule has 26 heavy (non-hydrogen) atoms. The summed E-state index contributed by atoms with van der Waals surface area (Å²) in [6.07, 6.45) is 4.44. The molecular formula is C19H23F2N3O2. The highest BCUT2D eigenvalue weighted by Crippen LogP contribution is 2.41. The van der Waals surface area contributed by atoms with E-state index in [1.165, 1.54) is 6.07 Å². The van der Waals surface area contributed by atoms with Gasteiger partial charge in [0.05, 0.1) is 11.7 Å². The number of ether oxygens (including phenoxy) is 2. The number of hydrogen-bond donors (Lipinski definition) is 2. The van der Waals surface area contributed by atoms with Crippen LogP contribution in [0.4, 0.5) is 14.6 Å². The van der Waals surface area contributed by atoms with Gasteiger partial charge in [0.15, 0.2) is 11.6 Å². The minimum Gasteiger partial charge on any atom is -0.490 e. The van der Waals surface area contributed by atoms with Gasteiger partial charge < -0.3 is 14.9 Å². The Kier molecular flexibility index (Phi) is 5.38. The first kappa shape index (κ1) is 18.5. The number of anilines is 1. The molecule has 0 spiro atoms. The predicted octanol–water partition coefficient (Wildman–Crippen LogP) is 3.82. The number of nitrogens with zero attached hydrogens (tertiary/aromatic N) is 1. The number of pyridine rings is 1. The fraction of sp³-hybridized carbons (Fsp3) is 0.421. The lowest BCUT2D eigenvalue weighted by Gasteiger charge is -2.39. The summed E-state index contributed by atoms with van der Waals surface area (Å²) in [6, 6.07) is 5.78. The molecular weight excluding hydrogens is 340 g/mol. The van der Waals surface area contributed by atoms with E-state index in [2.05, 4.69) is 10.4 Å². The van der Waals surface area contributed by atoms with E-state index in [4.69, 9.17) is 15.3 Å². The quantitative estimate of drug-likeness (QED) is 0.624. The number of hydrazine groups is 1. The second-order valence-electron chi connectivity index (χ2n) is 6.57. The van der Waals surface area contributed by atoms with Gasteiger partial charge in [0.2, 0.25) is 0 Å². The molecule has 1 heterocycles. The summed E-state index contributed by atoms with van der Waals surface area (Å²) in [7, 11) is 1.61. The van der Waals surface area contributed by atoms with Gasteiger partial charge in [-0.1, -0.05) is 6.07 Å². The van der Waals surface area contributed by atoms with Gasteiger partial charge in [-0.25, -0.2) is 19.6 Å². The van der Waals surface area contributed by atoms with Crippen LogP contribution in [0.25, 0.3) is 0 Å². The summed E-state index contributed by atoms with van der Waals surface area (Å²) in [5, 5.41) is 0. The number of benzene rings is 1. The van der Waals surface area contributed by atoms with E-state index in [-0.39, 0.29) is 6.10 Å². The van der Waals surface area contributed by atoms with Gasteiger partial charge in [0, 0.05) is 18.9 Å². The maximum absolute atomic E-state index is 13.6. The molecule has 1 aromatic carbocycles. The zero-order valence-electron chi connectivity index (χ0n) is 14.9. The Morgan fingerprint density at radius 3 is 2.54 bits per heavy atom. The molecule has 1 fully saturated rings. The first-order valence-electron chi connectivity index (χ1n) is 8.58. The summed E-state index contributed by atoms with van der Waals surface area (Å²) in [5.74, 6) is 5.05. The Morgan fingerprint density at radius 1 is 1.19 bits per heavy atom. The third kappa shape index (κ3) is 3.50. The van der Waals surface area contributed by atoms with Crippen LogP contribution in [0.3, 0.4) is 0 Å². The van der Waals surface area contributed by atoms with Crippen molar-refractivity contribution in [3.63, 3.8) is 0 Å². The molecule has 1 aliphatic rings. The molecule has 3 rings (SSSR count). The number of halogens is 2. The summed E-state index contributed by atoms with van der Waals surface area (Å²) in [4.78, 5) is 4.14. The molecule has 5 nitrogen and oxygen atoms in total. The highest BCUT2D eigenvalue weighted by atomic mass is 19.2. The SMILES string of the molecule is CO[C@]1(c2ccc(F)c(F)c2)CC[C@H](Oc2ccnc(NN)c2C)CC1. The molecule has 3 N–H and O–H groups in total. The van der Waals surface area contributed by atoms with Gasteiger partial charge in [-0.05, 0) is 56.4 Å². The molecule has 7 heteroatoms. The number of nitrogen functional groups attached to an aromatic ring is 1. The van der Waals surface area contributed by atoms with Crippen molar-refractivity contribution in [3.8, 4) is 5.75 Å². The predicted molar refractivity (Wildman–Crippen MR) is 94.7 cm³/mol. The number of rotatable bonds is 5. The fourth-order valence-corrected chi connectivity index (χ4v) is 3.54. The van der Waals surface area contributed by atoms with Gasteiger partial charge in [-0.3, -0.25) is 0 Å². The van der Waals surface area contributed by atoms with Crippen LogP contribution in [0, 0.1) is 18.6 Å². The molecule has 0 saturated heterocycles. The molecule has 1 aromatic heterocycles. The number of methoxy groups -OCH3 is 1. The van der Waals surface area contributed by atoms with E-state index in [9.17, 15) is 8.78 Å². The van der Waals surface area contributed by atoms with Crippen molar-refractivity contribution in [1.29, 1.82) is 0 Å². The maximum atomic E-state index is 13.6. The minimum absolute atomic E-state index is 0.00953. The second-order valence-corrected chi connectivity index (χ2v) is 6.57. The highest BCUT2D eigenvalue weighted by molar-refractivity contribution is 5.49. The number of aromatic nitrogens is 1. The zero-order chi connectivity index (χ0) is 18.7. The van der Waals surface area contributed by atoms with Gasteiger partial charge in [0.25, 0.3) is 0 Å². The Labute approximate surface area is 151 Å². The van der Waals surface area contributed by atoms with Gasteiger partial charge in [-0.15, -0.1) is 0 Å². The van der Waals surface area contributed by atoms with Gasteiger partial charge in [-0.2, -0.15) is 0 Å². The van der Waals surface area contributed by atoms with Crippen molar-refractivity contribution in [2.45, 2.75) is 44.3 Å². The Bertz CT molecular complexity index is 777. The molecule has 1 aliphatic carbocycles. The molecule has 0 amide bonds. The molecule has 0 aliphatic heterocycles. The minimum atomic E-state index is -0.855. The molecule has 2 aromatic rings. The molecule has 0 atom stereocenters. The number of nitrogens with two attached hydrogens (primary N) is 1. The molecule has 0 unspecified atom stereocenters. The third-order valence-electron chi connectivity index (χ3n) is 5.16. The van der Waals surface area contributed by atoms with Crippen LogP contribution >= 0.6 is 0 Å². The van der Waals surface area contributed by atoms with Crippen LogP contribution in [-0.2, 0) is 10.3 Å². The van der Waals surface area contributed by atoms with E-state index in [0.717, 1.165) is 30.2 Å². The van der Waals surface area contributed by atoms with E-state index in [1.807, 2.05) is 13.0 Å². The lowest BCUT2D eigenvalue weighted by atomic mass is 9.78. The van der Waals surface area contributed by atoms with E-state index in [1.54, 1.807) is 19.4 Å². The Hall–Kier alpha value is -2.25. The largest absolute Gasteiger partial charge is 0.490 e. The van der Waals surface area contributed by atoms with Crippen molar-refractivity contribution < 1.29 is 18.3 Å². The summed E-state index contributed by atoms with van der Waals surface area (Å²) in [6.45, 7) is 1.89. The second kappa shape index (κ2) is 7.55. The van der Waals surface area contributed by atoms with E-state index >= 15 is 0 Å². The van der Waals surface area contributed by atoms with Crippen molar-refractivity contribution >= 4 is 5.82 Å². The van der Waals surface area contributed by atoms with Crippen molar-refractivity contribution in [1.82, 2.24) is 4.98 Å². The standard InChI is InChI=1S/C19H23F2N3O2/c1-12-17(7-10-23-18(12)24-22)26-14-5-8-19(25-2,9-6-14)13-3-4-15(20)16(21)11-13/h3-4,7,10-11,14H,5-6,8-9,22H2,1-2H3,(H,23,24)/t14-,19+. The molecule has 0 radical (unpaired) electrons. The molecule has 140 valence electrons. The topological polar surface area (TPSA) is 69.4 Å². The van der Waals surface area contributed by atoms with Gasteiger partial charge in [0.1, 0.15) is 11.6 Å². The summed E-state index contributed by atoms with van der Waals surface area (Å²) < 4.78 is 38.7. The van der Waals surface area contributed by atoms with Crippen molar-refractivity contribution in [2.24, 2.45) is 5.84 Å². The van der Waals surface area contributed by atoms with Crippen molar-refractivity contribution in [3.05, 3.63) is 53.2 Å². The number of hydrogen-bond acceptors (Lipinski definition) is 5. The van der Waals surface area contributed by atoms with Crippen LogP contribution in [0.5, 0.6) is 5.75 Å². The normalized spacial score (nSPS) is 22.9. The van der Waals surface area contributed by atoms with E-state index < -0.39 is 17.2 Å². The fourth-order valence-electron chi connectivity index (χ4n) is 3.54. The number of nitrogens with one attached hydrogen (secondary N) is 1. The third-order valence-corrected chi connectivity index (χ3v) is 5.16. The van der Waals surface area contributed by atoms with Crippen LogP contribution < -0.4 is 16.0 Å². The zero-order valence-corrected chi connectivity index (χ0v) is 14.9. The first-order valence-corrected chi connectivity index (χ1v) is 8.58. The average Bonchev–Trinajstić information content (AvgIpc) is 2.66. The maximum Gasteiger partial charge on any atom is 0.159 e. The van der Waals surface area contributed by atoms with Crippen LogP contribution in [0.15, 0.2) is 30.5 Å². The van der Waals surface area contributed by atoms with Crippen LogP contribution in [0.2, 0.25) is 0 Å². The molecule has 0 bridgehead atoms. The average molecular weight is 363 g/mol. The van der Waals surface area contributed by atoms with Crippen LogP contribution in [-0.4, -0.2) is 18.2 Å². The lowest BCUT2D eigenvalue weighted by molar-refractivity contribution is -0.0652. The smallest absolute Gasteiger partial charge is 0.159 e. The van der Waals surface area contributed by atoms with Crippen LogP contribution in [0.1, 0.15) is 36.8 Å². The first-order chi connectivity index (χ1) is 12.5.